The van der Waals surface area contributed by atoms with Gasteiger partial charge in [0.25, 0.3) is 0 Å². The summed E-state index contributed by atoms with van der Waals surface area (Å²) < 4.78 is 0. The first-order valence-corrected chi connectivity index (χ1v) is 8.29. The lowest BCUT2D eigenvalue weighted by Gasteiger charge is -2.29. The van der Waals surface area contributed by atoms with E-state index in [2.05, 4.69) is 20.2 Å². The monoisotopic (exact) mass is 281 g/mol. The quantitative estimate of drug-likeness (QED) is 0.723. The van der Waals surface area contributed by atoms with Gasteiger partial charge < -0.3 is 10.0 Å². The van der Waals surface area contributed by atoms with Gasteiger partial charge in [-0.25, -0.2) is 0 Å². The van der Waals surface area contributed by atoms with E-state index in [1.165, 1.54) is 30.1 Å². The van der Waals surface area contributed by atoms with Gasteiger partial charge in [0.15, 0.2) is 5.17 Å². The SMILES string of the molecule is OCCCCN(CC1=CSC2=NCCCN12)C1CC1. The van der Waals surface area contributed by atoms with Gasteiger partial charge in [-0.05, 0) is 44.1 Å². The van der Waals surface area contributed by atoms with Crippen LogP contribution in [0.4, 0.5) is 0 Å². The van der Waals surface area contributed by atoms with Crippen molar-refractivity contribution in [2.24, 2.45) is 4.99 Å². The minimum atomic E-state index is 0.319. The molecule has 0 atom stereocenters. The molecule has 0 aromatic heterocycles. The molecule has 0 bridgehead atoms. The molecule has 4 nitrogen and oxygen atoms in total. The minimum absolute atomic E-state index is 0.319. The van der Waals surface area contributed by atoms with Crippen molar-refractivity contribution in [2.75, 3.05) is 32.8 Å². The van der Waals surface area contributed by atoms with Crippen molar-refractivity contribution in [3.05, 3.63) is 11.1 Å². The molecule has 0 aromatic rings. The molecular formula is C14H23N3OS. The van der Waals surface area contributed by atoms with Crippen molar-refractivity contribution in [1.82, 2.24) is 9.80 Å². The van der Waals surface area contributed by atoms with Crippen LogP contribution in [-0.4, -0.2) is 58.9 Å². The van der Waals surface area contributed by atoms with Gasteiger partial charge in [0.2, 0.25) is 0 Å². The van der Waals surface area contributed by atoms with Crippen LogP contribution in [-0.2, 0) is 0 Å². The lowest BCUT2D eigenvalue weighted by atomic mass is 10.2. The molecule has 0 unspecified atom stereocenters. The molecule has 19 heavy (non-hydrogen) atoms. The van der Waals surface area contributed by atoms with Crippen molar-refractivity contribution in [3.8, 4) is 0 Å². The van der Waals surface area contributed by atoms with Crippen molar-refractivity contribution in [2.45, 2.75) is 38.1 Å². The van der Waals surface area contributed by atoms with Crippen molar-refractivity contribution < 1.29 is 5.11 Å². The third kappa shape index (κ3) is 3.33. The standard InChI is InChI=1S/C14H23N3OS/c18-9-2-1-7-16(12-4-5-12)10-13-11-19-14-15-6-3-8-17(13)14/h11-12,18H,1-10H2. The molecule has 0 radical (unpaired) electrons. The zero-order chi connectivity index (χ0) is 13.1. The summed E-state index contributed by atoms with van der Waals surface area (Å²) >= 11 is 1.78. The largest absolute Gasteiger partial charge is 0.396 e. The van der Waals surface area contributed by atoms with Crippen LogP contribution in [0.25, 0.3) is 0 Å². The van der Waals surface area contributed by atoms with Crippen LogP contribution in [0.5, 0.6) is 0 Å². The van der Waals surface area contributed by atoms with Crippen LogP contribution in [0.15, 0.2) is 16.1 Å². The van der Waals surface area contributed by atoms with E-state index < -0.39 is 0 Å². The summed E-state index contributed by atoms with van der Waals surface area (Å²) in [7, 11) is 0. The van der Waals surface area contributed by atoms with E-state index in [-0.39, 0.29) is 0 Å². The lowest BCUT2D eigenvalue weighted by molar-refractivity contribution is 0.237. The fourth-order valence-electron chi connectivity index (χ4n) is 2.72. The molecule has 1 aliphatic carbocycles. The molecule has 0 amide bonds. The smallest absolute Gasteiger partial charge is 0.167 e. The first-order valence-electron chi connectivity index (χ1n) is 7.41. The number of hydrogen-bond acceptors (Lipinski definition) is 5. The Morgan fingerprint density at radius 2 is 2.32 bits per heavy atom. The average Bonchev–Trinajstić information content (AvgIpc) is 3.21. The molecule has 106 valence electrons. The number of unbranched alkanes of at least 4 members (excludes halogenated alkanes) is 1. The third-order valence-corrected chi connectivity index (χ3v) is 4.90. The highest BCUT2D eigenvalue weighted by Crippen LogP contribution is 2.33. The maximum Gasteiger partial charge on any atom is 0.167 e. The number of aliphatic imine (C=N–C) groups is 1. The van der Waals surface area contributed by atoms with Crippen LogP contribution >= 0.6 is 11.8 Å². The maximum atomic E-state index is 8.91. The van der Waals surface area contributed by atoms with Crippen LogP contribution in [0, 0.1) is 0 Å². The summed E-state index contributed by atoms with van der Waals surface area (Å²) in [4.78, 5) is 9.58. The fraction of sp³-hybridized carbons (Fsp3) is 0.786. The van der Waals surface area contributed by atoms with Crippen LogP contribution in [0.3, 0.4) is 0 Å². The fourth-order valence-corrected chi connectivity index (χ4v) is 3.67. The molecular weight excluding hydrogens is 258 g/mol. The second-order valence-electron chi connectivity index (χ2n) is 5.53. The van der Waals surface area contributed by atoms with E-state index in [9.17, 15) is 0 Å². The first-order chi connectivity index (χ1) is 9.38. The Bertz CT molecular complexity index is 379. The Morgan fingerprint density at radius 1 is 1.42 bits per heavy atom. The van der Waals surface area contributed by atoms with E-state index in [1.54, 1.807) is 11.8 Å². The zero-order valence-corrected chi connectivity index (χ0v) is 12.2. The summed E-state index contributed by atoms with van der Waals surface area (Å²) in [5.41, 5.74) is 1.43. The van der Waals surface area contributed by atoms with E-state index >= 15 is 0 Å². The van der Waals surface area contributed by atoms with Gasteiger partial charge in [-0.15, -0.1) is 0 Å². The van der Waals surface area contributed by atoms with Gasteiger partial charge in [-0.1, -0.05) is 11.8 Å². The summed E-state index contributed by atoms with van der Waals surface area (Å²) in [5.74, 6) is 0. The molecule has 0 saturated heterocycles. The summed E-state index contributed by atoms with van der Waals surface area (Å²) in [6.07, 6.45) is 5.90. The average molecular weight is 281 g/mol. The van der Waals surface area contributed by atoms with E-state index in [0.717, 1.165) is 45.1 Å². The van der Waals surface area contributed by atoms with Crippen molar-refractivity contribution >= 4 is 16.9 Å². The molecule has 3 rings (SSSR count). The van der Waals surface area contributed by atoms with Gasteiger partial charge in [0, 0.05) is 38.0 Å². The minimum Gasteiger partial charge on any atom is -0.396 e. The first kappa shape index (κ1) is 13.5. The van der Waals surface area contributed by atoms with Gasteiger partial charge >= 0.3 is 0 Å². The van der Waals surface area contributed by atoms with Gasteiger partial charge in [-0.2, -0.15) is 0 Å². The van der Waals surface area contributed by atoms with Crippen LogP contribution in [0.2, 0.25) is 0 Å². The number of nitrogens with zero attached hydrogens (tertiary/aromatic N) is 3. The summed E-state index contributed by atoms with van der Waals surface area (Å²) in [6.45, 7) is 4.62. The Hall–Kier alpha value is -0.520. The Morgan fingerprint density at radius 3 is 3.11 bits per heavy atom. The molecule has 1 saturated carbocycles. The topological polar surface area (TPSA) is 39.1 Å². The highest BCUT2D eigenvalue weighted by atomic mass is 32.2. The molecule has 1 fully saturated rings. The number of hydrogen-bond donors (Lipinski definition) is 1. The summed E-state index contributed by atoms with van der Waals surface area (Å²) in [5, 5.41) is 12.4. The Kier molecular flexibility index (Phi) is 4.45. The molecule has 5 heteroatoms. The van der Waals surface area contributed by atoms with Crippen LogP contribution in [0.1, 0.15) is 32.1 Å². The van der Waals surface area contributed by atoms with Crippen LogP contribution < -0.4 is 0 Å². The van der Waals surface area contributed by atoms with Crippen molar-refractivity contribution in [1.29, 1.82) is 0 Å². The molecule has 2 heterocycles. The predicted octanol–water partition coefficient (Wildman–Crippen LogP) is 1.87. The number of fused-ring (bicyclic) bond motifs is 1. The number of rotatable bonds is 7. The van der Waals surface area contributed by atoms with E-state index in [1.807, 2.05) is 0 Å². The summed E-state index contributed by atoms with van der Waals surface area (Å²) in [6, 6.07) is 0.787. The van der Waals surface area contributed by atoms with Gasteiger partial charge in [-0.3, -0.25) is 9.89 Å². The third-order valence-electron chi connectivity index (χ3n) is 3.95. The Balaban J connectivity index is 1.56. The molecule has 0 aromatic carbocycles. The maximum absolute atomic E-state index is 8.91. The highest BCUT2D eigenvalue weighted by Gasteiger charge is 2.32. The number of aliphatic hydroxyl groups is 1. The van der Waals surface area contributed by atoms with Crippen molar-refractivity contribution in [3.63, 3.8) is 0 Å². The lowest BCUT2D eigenvalue weighted by Crippen LogP contribution is -2.37. The van der Waals surface area contributed by atoms with E-state index in [0.29, 0.717) is 6.61 Å². The zero-order valence-electron chi connectivity index (χ0n) is 11.4. The van der Waals surface area contributed by atoms with Gasteiger partial charge in [0.05, 0.1) is 0 Å². The molecule has 1 N–H and O–H groups in total. The predicted molar refractivity (Wildman–Crippen MR) is 80.2 cm³/mol. The number of thioether (sulfide) groups is 1. The number of aliphatic hydroxyl groups excluding tert-OH is 1. The van der Waals surface area contributed by atoms with E-state index in [4.69, 9.17) is 5.11 Å². The normalized spacial score (nSPS) is 22.5. The molecule has 2 aliphatic heterocycles. The Labute approximate surface area is 119 Å². The van der Waals surface area contributed by atoms with Gasteiger partial charge in [0.1, 0.15) is 0 Å². The highest BCUT2D eigenvalue weighted by molar-refractivity contribution is 8.16. The second-order valence-corrected chi connectivity index (χ2v) is 6.37. The molecule has 3 aliphatic rings. The molecule has 0 spiro atoms. The number of amidine groups is 1. The second kappa shape index (κ2) is 6.29.